The average Bonchev–Trinajstić information content (AvgIpc) is 2.89. The summed E-state index contributed by atoms with van der Waals surface area (Å²) in [5, 5.41) is 3.40. The van der Waals surface area contributed by atoms with E-state index in [4.69, 9.17) is 0 Å². The van der Waals surface area contributed by atoms with Gasteiger partial charge in [0.15, 0.2) is 0 Å². The molecule has 1 fully saturated rings. The van der Waals surface area contributed by atoms with Crippen LogP contribution in [0.5, 0.6) is 0 Å². The van der Waals surface area contributed by atoms with Gasteiger partial charge in [-0.3, -0.25) is 0 Å². The molecule has 2 atom stereocenters. The second-order valence-electron chi connectivity index (χ2n) is 4.78. The molecule has 1 aromatic rings. The highest BCUT2D eigenvalue weighted by Gasteiger charge is 2.31. The van der Waals surface area contributed by atoms with Crippen molar-refractivity contribution in [3.8, 4) is 0 Å². The highest BCUT2D eigenvalue weighted by atomic mass is 32.2. The molecule has 5 heteroatoms. The van der Waals surface area contributed by atoms with Crippen LogP contribution in [0.2, 0.25) is 0 Å². The maximum Gasteiger partial charge on any atom is 0.416 e. The highest BCUT2D eigenvalue weighted by molar-refractivity contribution is 7.99. The number of halogens is 3. The number of thioether (sulfide) groups is 1. The van der Waals surface area contributed by atoms with Crippen molar-refractivity contribution in [1.82, 2.24) is 5.32 Å². The van der Waals surface area contributed by atoms with Gasteiger partial charge in [0, 0.05) is 6.04 Å². The number of hydrogen-bond acceptors (Lipinski definition) is 2. The van der Waals surface area contributed by atoms with E-state index in [2.05, 4.69) is 5.32 Å². The zero-order valence-corrected chi connectivity index (χ0v) is 11.7. The Hall–Kier alpha value is -0.680. The van der Waals surface area contributed by atoms with Crippen LogP contribution in [0.3, 0.4) is 0 Å². The van der Waals surface area contributed by atoms with E-state index in [-0.39, 0.29) is 6.04 Å². The predicted molar refractivity (Wildman–Crippen MR) is 73.3 cm³/mol. The molecular weight excluding hydrogens is 271 g/mol. The number of rotatable bonds is 4. The molecule has 1 N–H and O–H groups in total. The fourth-order valence-electron chi connectivity index (χ4n) is 2.47. The minimum Gasteiger partial charge on any atom is -0.310 e. The van der Waals surface area contributed by atoms with Gasteiger partial charge in [0.2, 0.25) is 0 Å². The fourth-order valence-corrected chi connectivity index (χ4v) is 3.77. The van der Waals surface area contributed by atoms with Gasteiger partial charge >= 0.3 is 6.18 Å². The summed E-state index contributed by atoms with van der Waals surface area (Å²) in [6.07, 6.45) is -3.13. The molecule has 0 radical (unpaired) electrons. The first-order chi connectivity index (χ1) is 9.02. The molecule has 2 rings (SSSR count). The summed E-state index contributed by atoms with van der Waals surface area (Å²) in [7, 11) is 0. The van der Waals surface area contributed by atoms with Crippen LogP contribution in [-0.2, 0) is 6.18 Å². The predicted octanol–water partition coefficient (Wildman–Crippen LogP) is 4.11. The summed E-state index contributed by atoms with van der Waals surface area (Å²) >= 11 is 1.92. The molecule has 2 unspecified atom stereocenters. The third-order valence-electron chi connectivity index (χ3n) is 3.46. The van der Waals surface area contributed by atoms with E-state index in [0.29, 0.717) is 5.92 Å². The Morgan fingerprint density at radius 1 is 1.32 bits per heavy atom. The Morgan fingerprint density at radius 2 is 2.00 bits per heavy atom. The lowest BCUT2D eigenvalue weighted by Gasteiger charge is -2.24. The van der Waals surface area contributed by atoms with Gasteiger partial charge < -0.3 is 5.32 Å². The molecule has 0 amide bonds. The van der Waals surface area contributed by atoms with Gasteiger partial charge in [-0.15, -0.1) is 0 Å². The van der Waals surface area contributed by atoms with Crippen LogP contribution in [0.15, 0.2) is 24.3 Å². The zero-order valence-electron chi connectivity index (χ0n) is 10.8. The Morgan fingerprint density at radius 3 is 2.47 bits per heavy atom. The van der Waals surface area contributed by atoms with Crippen molar-refractivity contribution in [3.63, 3.8) is 0 Å². The van der Waals surface area contributed by atoms with Crippen molar-refractivity contribution in [2.75, 3.05) is 18.1 Å². The minimum atomic E-state index is -4.25. The number of alkyl halides is 3. The number of nitrogens with one attached hydrogen (secondary N) is 1. The second-order valence-corrected chi connectivity index (χ2v) is 5.93. The standard InChI is InChI=1S/C14H18F3NS/c1-2-18-13(11-7-8-19-9-11)10-3-5-12(6-4-10)14(15,16)17/h3-6,11,13,18H,2,7-9H2,1H3. The Balaban J connectivity index is 2.17. The summed E-state index contributed by atoms with van der Waals surface area (Å²) in [5.41, 5.74) is 0.384. The third-order valence-corrected chi connectivity index (χ3v) is 4.65. The van der Waals surface area contributed by atoms with E-state index < -0.39 is 11.7 Å². The van der Waals surface area contributed by atoms with E-state index in [1.54, 1.807) is 12.1 Å². The molecule has 106 valence electrons. The SMILES string of the molecule is CCNC(c1ccc(C(F)(F)F)cc1)C1CCSC1. The molecule has 1 nitrogen and oxygen atoms in total. The van der Waals surface area contributed by atoms with Crippen molar-refractivity contribution in [2.24, 2.45) is 5.92 Å². The maximum absolute atomic E-state index is 12.6. The van der Waals surface area contributed by atoms with Crippen molar-refractivity contribution < 1.29 is 13.2 Å². The molecule has 0 saturated carbocycles. The summed E-state index contributed by atoms with van der Waals surface area (Å²) in [4.78, 5) is 0. The first kappa shape index (κ1) is 14.7. The van der Waals surface area contributed by atoms with Gasteiger partial charge in [-0.25, -0.2) is 0 Å². The van der Waals surface area contributed by atoms with E-state index in [1.165, 1.54) is 12.1 Å². The molecule has 1 heterocycles. The monoisotopic (exact) mass is 289 g/mol. The quantitative estimate of drug-likeness (QED) is 0.895. The molecule has 0 spiro atoms. The van der Waals surface area contributed by atoms with Crippen LogP contribution in [0.4, 0.5) is 13.2 Å². The molecule has 1 aliphatic heterocycles. The maximum atomic E-state index is 12.6. The van der Waals surface area contributed by atoms with Crippen LogP contribution in [-0.4, -0.2) is 18.1 Å². The van der Waals surface area contributed by atoms with E-state index in [9.17, 15) is 13.2 Å². The van der Waals surface area contributed by atoms with Crippen LogP contribution in [0, 0.1) is 5.92 Å². The molecular formula is C14H18F3NS. The number of benzene rings is 1. The lowest BCUT2D eigenvalue weighted by Crippen LogP contribution is -2.28. The second kappa shape index (κ2) is 6.18. The van der Waals surface area contributed by atoms with Gasteiger partial charge in [-0.1, -0.05) is 19.1 Å². The molecule has 1 saturated heterocycles. The van der Waals surface area contributed by atoms with Crippen LogP contribution in [0.25, 0.3) is 0 Å². The number of hydrogen-bond donors (Lipinski definition) is 1. The lowest BCUT2D eigenvalue weighted by molar-refractivity contribution is -0.137. The molecule has 1 aromatic carbocycles. The topological polar surface area (TPSA) is 12.0 Å². The summed E-state index contributed by atoms with van der Waals surface area (Å²) in [5.74, 6) is 2.74. The smallest absolute Gasteiger partial charge is 0.310 e. The summed E-state index contributed by atoms with van der Waals surface area (Å²) in [6.45, 7) is 2.85. The molecule has 19 heavy (non-hydrogen) atoms. The van der Waals surface area contributed by atoms with Gasteiger partial charge in [0.25, 0.3) is 0 Å². The van der Waals surface area contributed by atoms with Gasteiger partial charge in [-0.05, 0) is 48.1 Å². The van der Waals surface area contributed by atoms with Gasteiger partial charge in [0.05, 0.1) is 5.56 Å². The zero-order chi connectivity index (χ0) is 13.9. The van der Waals surface area contributed by atoms with E-state index >= 15 is 0 Å². The van der Waals surface area contributed by atoms with Crippen molar-refractivity contribution in [2.45, 2.75) is 25.6 Å². The van der Waals surface area contributed by atoms with Gasteiger partial charge in [0.1, 0.15) is 0 Å². The first-order valence-corrected chi connectivity index (χ1v) is 7.66. The fraction of sp³-hybridized carbons (Fsp3) is 0.571. The Bertz CT molecular complexity index is 396. The molecule has 0 aromatic heterocycles. The molecule has 0 aliphatic carbocycles. The minimum absolute atomic E-state index is 0.169. The van der Waals surface area contributed by atoms with Gasteiger partial charge in [-0.2, -0.15) is 24.9 Å². The Kier molecular flexibility index (Phi) is 4.79. The molecule has 1 aliphatic rings. The normalized spacial score (nSPS) is 21.6. The Labute approximate surface area is 116 Å². The highest BCUT2D eigenvalue weighted by Crippen LogP contribution is 2.35. The largest absolute Gasteiger partial charge is 0.416 e. The van der Waals surface area contributed by atoms with Crippen LogP contribution in [0.1, 0.15) is 30.5 Å². The van der Waals surface area contributed by atoms with Crippen molar-refractivity contribution in [1.29, 1.82) is 0 Å². The van der Waals surface area contributed by atoms with E-state index in [0.717, 1.165) is 30.0 Å². The van der Waals surface area contributed by atoms with E-state index in [1.807, 2.05) is 18.7 Å². The average molecular weight is 289 g/mol. The molecule has 0 bridgehead atoms. The van der Waals surface area contributed by atoms with Crippen LogP contribution >= 0.6 is 11.8 Å². The van der Waals surface area contributed by atoms with Crippen LogP contribution < -0.4 is 5.32 Å². The van der Waals surface area contributed by atoms with Crippen molar-refractivity contribution in [3.05, 3.63) is 35.4 Å². The summed E-state index contributed by atoms with van der Waals surface area (Å²) < 4.78 is 37.7. The lowest BCUT2D eigenvalue weighted by atomic mass is 9.92. The van der Waals surface area contributed by atoms with Crippen molar-refractivity contribution >= 4 is 11.8 Å². The first-order valence-electron chi connectivity index (χ1n) is 6.50. The third kappa shape index (κ3) is 3.66. The summed E-state index contributed by atoms with van der Waals surface area (Å²) in [6, 6.07) is 5.75.